The molecule has 1 aliphatic heterocycles. The number of ketones is 1. The van der Waals surface area contributed by atoms with E-state index in [1.807, 2.05) is 0 Å². The Balaban J connectivity index is 1.85. The first-order valence-corrected chi connectivity index (χ1v) is 7.15. The highest BCUT2D eigenvalue weighted by molar-refractivity contribution is 6.34. The molecule has 5 nitrogen and oxygen atoms in total. The van der Waals surface area contributed by atoms with Crippen LogP contribution in [0.3, 0.4) is 0 Å². The molecule has 0 amide bonds. The minimum atomic E-state index is -0.506. The molecule has 0 bridgehead atoms. The molecule has 2 aromatic rings. The number of carbonyl (C=O) groups excluding carboxylic acids is 1. The van der Waals surface area contributed by atoms with E-state index in [9.17, 15) is 9.18 Å². The van der Waals surface area contributed by atoms with Crippen molar-refractivity contribution in [2.24, 2.45) is 0 Å². The van der Waals surface area contributed by atoms with Gasteiger partial charge in [0, 0.05) is 5.56 Å². The Morgan fingerprint density at radius 2 is 2.14 bits per heavy atom. The third kappa shape index (κ3) is 2.96. The van der Waals surface area contributed by atoms with Crippen molar-refractivity contribution in [1.29, 1.82) is 0 Å². The topological polar surface area (TPSA) is 59.8 Å². The highest BCUT2D eigenvalue weighted by atomic mass is 35.5. The van der Waals surface area contributed by atoms with Crippen LogP contribution in [0.1, 0.15) is 34.9 Å². The summed E-state index contributed by atoms with van der Waals surface area (Å²) < 4.78 is 15.0. The number of aromatic nitrogens is 3. The van der Waals surface area contributed by atoms with Gasteiger partial charge in [-0.05, 0) is 44.1 Å². The number of rotatable bonds is 3. The average molecular weight is 309 g/mol. The summed E-state index contributed by atoms with van der Waals surface area (Å²) in [6.07, 6.45) is 3.50. The zero-order valence-corrected chi connectivity index (χ0v) is 12.0. The van der Waals surface area contributed by atoms with E-state index in [-0.39, 0.29) is 22.3 Å². The lowest BCUT2D eigenvalue weighted by Gasteiger charge is -2.22. The molecular formula is C14H14ClFN4O. The Morgan fingerprint density at radius 3 is 2.90 bits per heavy atom. The van der Waals surface area contributed by atoms with E-state index in [1.54, 1.807) is 10.9 Å². The average Bonchev–Trinajstić information content (AvgIpc) is 3.00. The molecule has 1 fully saturated rings. The Hall–Kier alpha value is -1.79. The van der Waals surface area contributed by atoms with Crippen molar-refractivity contribution in [3.8, 4) is 0 Å². The van der Waals surface area contributed by atoms with Crippen LogP contribution in [0, 0.1) is 5.82 Å². The van der Waals surface area contributed by atoms with Crippen molar-refractivity contribution in [1.82, 2.24) is 20.3 Å². The Morgan fingerprint density at radius 1 is 1.38 bits per heavy atom. The van der Waals surface area contributed by atoms with Crippen molar-refractivity contribution < 1.29 is 9.18 Å². The predicted octanol–water partition coefficient (Wildman–Crippen LogP) is 2.23. The van der Waals surface area contributed by atoms with Gasteiger partial charge in [0.25, 0.3) is 0 Å². The van der Waals surface area contributed by atoms with E-state index in [0.717, 1.165) is 32.0 Å². The summed E-state index contributed by atoms with van der Waals surface area (Å²) in [7, 11) is 0. The fourth-order valence-electron chi connectivity index (χ4n) is 2.44. The molecule has 3 rings (SSSR count). The van der Waals surface area contributed by atoms with E-state index in [4.69, 9.17) is 11.6 Å². The van der Waals surface area contributed by atoms with Gasteiger partial charge in [0.05, 0.1) is 17.3 Å². The maximum absolute atomic E-state index is 13.3. The fourth-order valence-corrected chi connectivity index (χ4v) is 2.64. The molecule has 0 spiro atoms. The maximum atomic E-state index is 13.3. The summed E-state index contributed by atoms with van der Waals surface area (Å²) in [5.74, 6) is -0.923. The van der Waals surface area contributed by atoms with Crippen LogP contribution in [-0.4, -0.2) is 33.9 Å². The van der Waals surface area contributed by atoms with Crippen molar-refractivity contribution in [2.75, 3.05) is 13.1 Å². The lowest BCUT2D eigenvalue weighted by molar-refractivity contribution is 0.103. The van der Waals surface area contributed by atoms with Crippen LogP contribution in [0.25, 0.3) is 0 Å². The SMILES string of the molecule is O=C(c1cn(C2CCNCC2)nn1)c1cc(F)ccc1Cl. The number of hydrogen-bond acceptors (Lipinski definition) is 4. The van der Waals surface area contributed by atoms with E-state index >= 15 is 0 Å². The van der Waals surface area contributed by atoms with Crippen molar-refractivity contribution in [3.05, 3.63) is 46.5 Å². The third-order valence-electron chi connectivity index (χ3n) is 3.60. The molecule has 1 saturated heterocycles. The first kappa shape index (κ1) is 14.2. The molecule has 7 heteroatoms. The second kappa shape index (κ2) is 5.91. The number of piperidine rings is 1. The number of hydrogen-bond donors (Lipinski definition) is 1. The third-order valence-corrected chi connectivity index (χ3v) is 3.93. The molecule has 1 aromatic heterocycles. The Labute approximate surface area is 126 Å². The molecule has 110 valence electrons. The second-order valence-electron chi connectivity index (χ2n) is 5.02. The first-order chi connectivity index (χ1) is 10.1. The molecule has 2 heterocycles. The van der Waals surface area contributed by atoms with Crippen molar-refractivity contribution in [2.45, 2.75) is 18.9 Å². The minimum Gasteiger partial charge on any atom is -0.317 e. The zero-order chi connectivity index (χ0) is 14.8. The lowest BCUT2D eigenvalue weighted by Crippen LogP contribution is -2.29. The van der Waals surface area contributed by atoms with Crippen molar-refractivity contribution in [3.63, 3.8) is 0 Å². The number of nitrogens with zero attached hydrogens (tertiary/aromatic N) is 3. The Bertz CT molecular complexity index is 667. The van der Waals surface area contributed by atoms with E-state index < -0.39 is 11.6 Å². The summed E-state index contributed by atoms with van der Waals surface area (Å²) in [6.45, 7) is 1.84. The van der Waals surface area contributed by atoms with Gasteiger partial charge in [-0.15, -0.1) is 5.10 Å². The van der Waals surface area contributed by atoms with Crippen LogP contribution in [0.5, 0.6) is 0 Å². The number of benzene rings is 1. The molecule has 0 radical (unpaired) electrons. The van der Waals surface area contributed by atoms with E-state index in [1.165, 1.54) is 12.1 Å². The second-order valence-corrected chi connectivity index (χ2v) is 5.43. The fraction of sp³-hybridized carbons (Fsp3) is 0.357. The lowest BCUT2D eigenvalue weighted by atomic mass is 10.1. The smallest absolute Gasteiger partial charge is 0.216 e. The Kier molecular flexibility index (Phi) is 3.98. The van der Waals surface area contributed by atoms with Gasteiger partial charge in [-0.1, -0.05) is 16.8 Å². The standard InChI is InChI=1S/C14H14ClFN4O/c15-12-2-1-9(16)7-11(12)14(21)13-8-20(19-18-13)10-3-5-17-6-4-10/h1-2,7-8,10,17H,3-6H2. The van der Waals surface area contributed by atoms with Gasteiger partial charge >= 0.3 is 0 Å². The molecule has 1 aromatic carbocycles. The van der Waals surface area contributed by atoms with Gasteiger partial charge in [0.2, 0.25) is 5.78 Å². The predicted molar refractivity (Wildman–Crippen MR) is 76.0 cm³/mol. The van der Waals surface area contributed by atoms with Crippen molar-refractivity contribution >= 4 is 17.4 Å². The normalized spacial score (nSPS) is 16.1. The highest BCUT2D eigenvalue weighted by Gasteiger charge is 2.21. The molecule has 0 aliphatic carbocycles. The van der Waals surface area contributed by atoms with Gasteiger partial charge in [-0.3, -0.25) is 4.79 Å². The number of halogens is 2. The first-order valence-electron chi connectivity index (χ1n) is 6.77. The van der Waals surface area contributed by atoms with Crippen LogP contribution in [0.4, 0.5) is 4.39 Å². The maximum Gasteiger partial charge on any atom is 0.216 e. The van der Waals surface area contributed by atoms with E-state index in [2.05, 4.69) is 15.6 Å². The molecule has 0 saturated carbocycles. The summed E-state index contributed by atoms with van der Waals surface area (Å²) in [6, 6.07) is 3.93. The van der Waals surface area contributed by atoms with Gasteiger partial charge in [-0.25, -0.2) is 9.07 Å². The molecular weight excluding hydrogens is 295 g/mol. The van der Waals surface area contributed by atoms with Crippen LogP contribution in [0.15, 0.2) is 24.4 Å². The molecule has 1 N–H and O–H groups in total. The molecule has 21 heavy (non-hydrogen) atoms. The van der Waals surface area contributed by atoms with Gasteiger partial charge in [0.15, 0.2) is 5.69 Å². The summed E-state index contributed by atoms with van der Waals surface area (Å²) in [5.41, 5.74) is 0.287. The van der Waals surface area contributed by atoms with Gasteiger partial charge in [0.1, 0.15) is 5.82 Å². The van der Waals surface area contributed by atoms with Gasteiger partial charge in [-0.2, -0.15) is 0 Å². The zero-order valence-electron chi connectivity index (χ0n) is 11.2. The minimum absolute atomic E-state index is 0.106. The molecule has 1 aliphatic rings. The molecule has 0 unspecified atom stereocenters. The summed E-state index contributed by atoms with van der Waals surface area (Å²) >= 11 is 5.95. The quantitative estimate of drug-likeness (QED) is 0.883. The summed E-state index contributed by atoms with van der Waals surface area (Å²) in [5, 5.41) is 11.4. The number of nitrogens with one attached hydrogen (secondary N) is 1. The van der Waals surface area contributed by atoms with Crippen LogP contribution in [0.2, 0.25) is 5.02 Å². The highest BCUT2D eigenvalue weighted by Crippen LogP contribution is 2.21. The van der Waals surface area contributed by atoms with E-state index in [0.29, 0.717) is 0 Å². The van der Waals surface area contributed by atoms with Crippen LogP contribution < -0.4 is 5.32 Å². The monoisotopic (exact) mass is 308 g/mol. The molecule has 0 atom stereocenters. The largest absolute Gasteiger partial charge is 0.317 e. The summed E-state index contributed by atoms with van der Waals surface area (Å²) in [4.78, 5) is 12.3. The van der Waals surface area contributed by atoms with Crippen LogP contribution >= 0.6 is 11.6 Å². The van der Waals surface area contributed by atoms with Crippen LogP contribution in [-0.2, 0) is 0 Å². The number of carbonyl (C=O) groups is 1. The van der Waals surface area contributed by atoms with Gasteiger partial charge < -0.3 is 5.32 Å².